The van der Waals surface area contributed by atoms with Gasteiger partial charge in [0, 0.05) is 26.2 Å². The summed E-state index contributed by atoms with van der Waals surface area (Å²) in [6.07, 6.45) is 10.8. The monoisotopic (exact) mass is 501 g/mol. The van der Waals surface area contributed by atoms with E-state index in [4.69, 9.17) is 4.74 Å². The van der Waals surface area contributed by atoms with Crippen molar-refractivity contribution < 1.29 is 24.2 Å². The van der Waals surface area contributed by atoms with Gasteiger partial charge in [-0.3, -0.25) is 14.4 Å². The predicted molar refractivity (Wildman–Crippen MR) is 137 cm³/mol. The van der Waals surface area contributed by atoms with Gasteiger partial charge in [-0.2, -0.15) is 0 Å². The zero-order chi connectivity index (χ0) is 26.4. The number of carbonyl (C=O) groups is 3. The second-order valence-corrected chi connectivity index (χ2v) is 11.2. The van der Waals surface area contributed by atoms with Gasteiger partial charge >= 0.3 is 0 Å². The molecule has 0 bridgehead atoms. The van der Waals surface area contributed by atoms with Gasteiger partial charge in [-0.05, 0) is 25.7 Å². The third kappa shape index (κ3) is 3.74. The summed E-state index contributed by atoms with van der Waals surface area (Å²) in [4.78, 5) is 47.7. The van der Waals surface area contributed by atoms with Gasteiger partial charge < -0.3 is 24.5 Å². The highest BCUT2D eigenvalue weighted by molar-refractivity contribution is 6.00. The molecule has 0 aromatic rings. The van der Waals surface area contributed by atoms with Gasteiger partial charge in [-0.15, -0.1) is 0 Å². The predicted octanol–water partition coefficient (Wildman–Crippen LogP) is 2.37. The van der Waals surface area contributed by atoms with E-state index in [-0.39, 0.29) is 36.3 Å². The molecule has 36 heavy (non-hydrogen) atoms. The molecule has 8 atom stereocenters. The summed E-state index contributed by atoms with van der Waals surface area (Å²) in [7, 11) is 1.75. The Balaban J connectivity index is 1.93. The van der Waals surface area contributed by atoms with E-state index in [0.717, 1.165) is 19.3 Å². The Bertz CT molecular complexity index is 949. The first-order valence-corrected chi connectivity index (χ1v) is 13.7. The zero-order valence-electron chi connectivity index (χ0n) is 22.6. The molecule has 4 aliphatic rings. The van der Waals surface area contributed by atoms with E-state index in [2.05, 4.69) is 6.92 Å². The second-order valence-electron chi connectivity index (χ2n) is 11.2. The molecule has 200 valence electrons. The van der Waals surface area contributed by atoms with Crippen molar-refractivity contribution in [2.75, 3.05) is 26.7 Å². The van der Waals surface area contributed by atoms with Gasteiger partial charge in [0.05, 0.1) is 30.1 Å². The Kier molecular flexibility index (Phi) is 7.41. The maximum Gasteiger partial charge on any atom is 0.249 e. The number of aliphatic hydroxyl groups excluding tert-OH is 1. The summed E-state index contributed by atoms with van der Waals surface area (Å²) in [6, 6.07) is -1.47. The second kappa shape index (κ2) is 9.93. The maximum atomic E-state index is 14.4. The molecule has 1 N–H and O–H groups in total. The van der Waals surface area contributed by atoms with Crippen molar-refractivity contribution in [2.45, 2.75) is 89.6 Å². The first-order valence-electron chi connectivity index (χ1n) is 13.7. The average molecular weight is 502 g/mol. The molecule has 0 aromatic carbocycles. The van der Waals surface area contributed by atoms with Gasteiger partial charge in [-0.25, -0.2) is 0 Å². The van der Waals surface area contributed by atoms with Gasteiger partial charge in [0.1, 0.15) is 11.6 Å². The molecule has 0 saturated carbocycles. The van der Waals surface area contributed by atoms with E-state index in [1.54, 1.807) is 16.8 Å². The topological polar surface area (TPSA) is 90.4 Å². The molecule has 2 unspecified atom stereocenters. The number of fused-ring (bicyclic) bond motifs is 2. The summed E-state index contributed by atoms with van der Waals surface area (Å²) in [5.74, 6) is -2.16. The van der Waals surface area contributed by atoms with Crippen LogP contribution in [0.15, 0.2) is 24.3 Å². The molecule has 2 saturated heterocycles. The Hall–Kier alpha value is -2.19. The Morgan fingerprint density at radius 2 is 1.72 bits per heavy atom. The van der Waals surface area contributed by atoms with Crippen LogP contribution in [0.1, 0.15) is 60.3 Å². The van der Waals surface area contributed by atoms with E-state index >= 15 is 0 Å². The van der Waals surface area contributed by atoms with Crippen LogP contribution in [0.5, 0.6) is 0 Å². The van der Waals surface area contributed by atoms with Crippen LogP contribution in [0.25, 0.3) is 0 Å². The Labute approximate surface area is 215 Å². The standard InChI is InChI=1S/C28H43N3O5/c1-7-12-19(5)30-16-11-14-28-22(21-24(33)29(6)15-10-13-27(21,9-3)36-28)25(34)31(23(28)26(30)35)20(17-32)18(4)8-2/h10-11,13-14,18-23,32H,7-9,12,15-17H2,1-6H3/t18-,19?,20-,21+,22-,23?,27-,28-/m0/s1. The normalized spacial score (nSPS) is 36.4. The number of hydrogen-bond donors (Lipinski definition) is 1. The minimum atomic E-state index is -1.27. The lowest BCUT2D eigenvalue weighted by atomic mass is 9.73. The number of rotatable bonds is 8. The van der Waals surface area contributed by atoms with Crippen LogP contribution >= 0.6 is 0 Å². The van der Waals surface area contributed by atoms with Crippen LogP contribution in [-0.2, 0) is 19.1 Å². The Morgan fingerprint density at radius 1 is 1.03 bits per heavy atom. The highest BCUT2D eigenvalue weighted by Gasteiger charge is 2.76. The fourth-order valence-electron chi connectivity index (χ4n) is 6.98. The maximum absolute atomic E-state index is 14.4. The lowest BCUT2D eigenvalue weighted by molar-refractivity contribution is -0.159. The van der Waals surface area contributed by atoms with Crippen molar-refractivity contribution in [1.29, 1.82) is 0 Å². The minimum Gasteiger partial charge on any atom is -0.394 e. The van der Waals surface area contributed by atoms with E-state index in [0.29, 0.717) is 19.5 Å². The lowest BCUT2D eigenvalue weighted by Gasteiger charge is -2.42. The molecule has 4 rings (SSSR count). The summed E-state index contributed by atoms with van der Waals surface area (Å²) < 4.78 is 6.95. The number of carbonyl (C=O) groups excluding carboxylic acids is 3. The number of hydrogen-bond acceptors (Lipinski definition) is 5. The molecule has 8 nitrogen and oxygen atoms in total. The van der Waals surface area contributed by atoms with Crippen LogP contribution in [-0.4, -0.2) is 93.6 Å². The van der Waals surface area contributed by atoms with Crippen molar-refractivity contribution in [1.82, 2.24) is 14.7 Å². The smallest absolute Gasteiger partial charge is 0.249 e. The van der Waals surface area contributed by atoms with Gasteiger partial charge in [0.15, 0.2) is 0 Å². The number of likely N-dealkylation sites (tertiary alicyclic amines) is 1. The lowest BCUT2D eigenvalue weighted by Crippen LogP contribution is -2.60. The summed E-state index contributed by atoms with van der Waals surface area (Å²) >= 11 is 0. The zero-order valence-corrected chi connectivity index (χ0v) is 22.6. The third-order valence-electron chi connectivity index (χ3n) is 9.19. The largest absolute Gasteiger partial charge is 0.394 e. The third-order valence-corrected chi connectivity index (χ3v) is 9.19. The van der Waals surface area contributed by atoms with E-state index < -0.39 is 35.1 Å². The fourth-order valence-corrected chi connectivity index (χ4v) is 6.98. The van der Waals surface area contributed by atoms with Crippen LogP contribution in [0.2, 0.25) is 0 Å². The highest BCUT2D eigenvalue weighted by Crippen LogP contribution is 2.59. The molecular formula is C28H43N3O5. The minimum absolute atomic E-state index is 0.00541. The number of aliphatic hydroxyl groups is 1. The van der Waals surface area contributed by atoms with Gasteiger partial charge in [-0.1, -0.05) is 64.8 Å². The molecule has 2 fully saturated rings. The Morgan fingerprint density at radius 3 is 2.33 bits per heavy atom. The van der Waals surface area contributed by atoms with Crippen molar-refractivity contribution in [3.05, 3.63) is 24.3 Å². The van der Waals surface area contributed by atoms with E-state index in [9.17, 15) is 19.5 Å². The van der Waals surface area contributed by atoms with Crippen molar-refractivity contribution in [3.63, 3.8) is 0 Å². The van der Waals surface area contributed by atoms with Crippen LogP contribution in [0.3, 0.4) is 0 Å². The van der Waals surface area contributed by atoms with Crippen LogP contribution in [0, 0.1) is 17.8 Å². The van der Waals surface area contributed by atoms with Gasteiger partial charge in [0.25, 0.3) is 0 Å². The quantitative estimate of drug-likeness (QED) is 0.516. The molecular weight excluding hydrogens is 458 g/mol. The molecule has 4 heterocycles. The van der Waals surface area contributed by atoms with Crippen LogP contribution in [0.4, 0.5) is 0 Å². The van der Waals surface area contributed by atoms with Crippen LogP contribution < -0.4 is 0 Å². The summed E-state index contributed by atoms with van der Waals surface area (Å²) in [5, 5.41) is 10.5. The number of amides is 3. The van der Waals surface area contributed by atoms with E-state index in [1.807, 2.05) is 56.9 Å². The van der Waals surface area contributed by atoms with Gasteiger partial charge in [0.2, 0.25) is 17.7 Å². The molecule has 1 spiro atoms. The molecule has 0 aliphatic carbocycles. The summed E-state index contributed by atoms with van der Waals surface area (Å²) in [5.41, 5.74) is -2.24. The first kappa shape index (κ1) is 26.9. The molecule has 0 aromatic heterocycles. The van der Waals surface area contributed by atoms with E-state index in [1.165, 1.54) is 0 Å². The number of ether oxygens (including phenoxy) is 1. The number of nitrogens with zero attached hydrogens (tertiary/aromatic N) is 3. The SMILES string of the molecule is CCCC(C)N1CC=C[C@]23O[C@@]4(CC)C=CCN(C)C(=O)[C@H]4[C@H]2C(=O)N([C@@H](CO)[C@@H](C)CC)C3C1=O. The first-order chi connectivity index (χ1) is 17.1. The molecule has 0 radical (unpaired) electrons. The highest BCUT2D eigenvalue weighted by atomic mass is 16.5. The molecule has 4 aliphatic heterocycles. The average Bonchev–Trinajstić information content (AvgIpc) is 3.16. The fraction of sp³-hybridized carbons (Fsp3) is 0.750. The number of likely N-dealkylation sites (N-methyl/N-ethyl adjacent to an activating group) is 1. The van der Waals surface area contributed by atoms with Crippen molar-refractivity contribution in [3.8, 4) is 0 Å². The summed E-state index contributed by atoms with van der Waals surface area (Å²) in [6.45, 7) is 10.7. The van der Waals surface area contributed by atoms with Crippen molar-refractivity contribution in [2.24, 2.45) is 17.8 Å². The van der Waals surface area contributed by atoms with Crippen molar-refractivity contribution >= 4 is 17.7 Å². The molecule has 3 amide bonds. The molecule has 8 heteroatoms.